The highest BCUT2D eigenvalue weighted by Crippen LogP contribution is 2.11. The van der Waals surface area contributed by atoms with E-state index in [4.69, 9.17) is 4.74 Å². The fraction of sp³-hybridized carbons (Fsp3) is 0.381. The minimum Gasteiger partial charge on any atom is -0.497 e. The number of benzene rings is 2. The van der Waals surface area contributed by atoms with E-state index in [0.29, 0.717) is 6.54 Å². The molecule has 0 aromatic heterocycles. The second kappa shape index (κ2) is 11.2. The zero-order valence-electron chi connectivity index (χ0n) is 16.0. The maximum Gasteiger partial charge on any atom is 0.191 e. The third-order valence-corrected chi connectivity index (χ3v) is 4.00. The van der Waals surface area contributed by atoms with Gasteiger partial charge in [0.2, 0.25) is 0 Å². The molecule has 0 fully saturated rings. The van der Waals surface area contributed by atoms with Crippen molar-refractivity contribution in [3.8, 4) is 5.75 Å². The molecule has 2 rings (SSSR count). The summed E-state index contributed by atoms with van der Waals surface area (Å²) >= 11 is 0. The van der Waals surface area contributed by atoms with Crippen molar-refractivity contribution in [2.24, 2.45) is 4.99 Å². The van der Waals surface area contributed by atoms with Gasteiger partial charge in [0.15, 0.2) is 5.96 Å². The molecule has 2 N–H and O–H groups in total. The average molecular weight is 354 g/mol. The quantitative estimate of drug-likeness (QED) is 0.537. The van der Waals surface area contributed by atoms with Crippen LogP contribution in [-0.4, -0.2) is 44.7 Å². The molecule has 0 heterocycles. The van der Waals surface area contributed by atoms with Gasteiger partial charge in [0.1, 0.15) is 5.75 Å². The molecule has 0 spiro atoms. The minimum absolute atomic E-state index is 0.638. The number of nitrogens with zero attached hydrogens (tertiary/aromatic N) is 2. The second-order valence-corrected chi connectivity index (χ2v) is 6.19. The lowest BCUT2D eigenvalue weighted by atomic mass is 10.2. The first-order valence-electron chi connectivity index (χ1n) is 9.09. The average Bonchev–Trinajstić information content (AvgIpc) is 2.67. The third kappa shape index (κ3) is 7.15. The summed E-state index contributed by atoms with van der Waals surface area (Å²) in [4.78, 5) is 6.96. The molecule has 140 valence electrons. The number of ether oxygens (including phenoxy) is 1. The van der Waals surface area contributed by atoms with Crippen LogP contribution in [0.25, 0.3) is 0 Å². The number of hydrogen-bond donors (Lipinski definition) is 2. The van der Waals surface area contributed by atoms with Crippen molar-refractivity contribution in [1.82, 2.24) is 15.5 Å². The first-order valence-corrected chi connectivity index (χ1v) is 9.09. The Hall–Kier alpha value is -2.53. The molecule has 26 heavy (non-hydrogen) atoms. The van der Waals surface area contributed by atoms with Crippen molar-refractivity contribution in [2.75, 3.05) is 33.8 Å². The van der Waals surface area contributed by atoms with Crippen LogP contribution < -0.4 is 15.4 Å². The highest BCUT2D eigenvalue weighted by molar-refractivity contribution is 5.79. The van der Waals surface area contributed by atoms with Crippen molar-refractivity contribution in [3.63, 3.8) is 0 Å². The van der Waals surface area contributed by atoms with Crippen molar-refractivity contribution in [2.45, 2.75) is 20.0 Å². The smallest absolute Gasteiger partial charge is 0.191 e. The summed E-state index contributed by atoms with van der Waals surface area (Å²) in [5.41, 5.74) is 2.49. The second-order valence-electron chi connectivity index (χ2n) is 6.19. The Morgan fingerprint density at radius 2 is 1.73 bits per heavy atom. The number of aliphatic imine (C=N–C) groups is 1. The van der Waals surface area contributed by atoms with Crippen LogP contribution in [0.4, 0.5) is 0 Å². The van der Waals surface area contributed by atoms with E-state index in [9.17, 15) is 0 Å². The third-order valence-electron chi connectivity index (χ3n) is 4.00. The molecule has 5 nitrogen and oxygen atoms in total. The van der Waals surface area contributed by atoms with Gasteiger partial charge in [0, 0.05) is 26.2 Å². The van der Waals surface area contributed by atoms with Crippen LogP contribution in [-0.2, 0) is 13.1 Å². The summed E-state index contributed by atoms with van der Waals surface area (Å²) in [5.74, 6) is 1.71. The number of hydrogen-bond acceptors (Lipinski definition) is 3. The molecule has 0 radical (unpaired) electrons. The molecule has 2 aromatic carbocycles. The zero-order valence-corrected chi connectivity index (χ0v) is 16.0. The Morgan fingerprint density at radius 1 is 1.00 bits per heavy atom. The topological polar surface area (TPSA) is 48.9 Å². The van der Waals surface area contributed by atoms with Gasteiger partial charge >= 0.3 is 0 Å². The lowest BCUT2D eigenvalue weighted by molar-refractivity contribution is 0.331. The van der Waals surface area contributed by atoms with E-state index in [-0.39, 0.29) is 0 Å². The van der Waals surface area contributed by atoms with E-state index >= 15 is 0 Å². The standard InChI is InChI=1S/C21H30N4O/c1-4-22-21(24-16-18-10-12-20(26-3)13-11-18)23-14-15-25(2)17-19-8-6-5-7-9-19/h5-13H,4,14-17H2,1-3H3,(H2,22,23,24). The molecular formula is C21H30N4O. The summed E-state index contributed by atoms with van der Waals surface area (Å²) in [5, 5.41) is 6.70. The fourth-order valence-corrected chi connectivity index (χ4v) is 2.58. The molecule has 5 heteroatoms. The van der Waals surface area contributed by atoms with Gasteiger partial charge in [-0.25, -0.2) is 4.99 Å². The van der Waals surface area contributed by atoms with E-state index in [0.717, 1.165) is 43.5 Å². The molecule has 0 atom stereocenters. The summed E-state index contributed by atoms with van der Waals surface area (Å²) < 4.78 is 5.19. The number of likely N-dealkylation sites (N-methyl/N-ethyl adjacent to an activating group) is 1. The van der Waals surface area contributed by atoms with E-state index in [2.05, 4.69) is 58.8 Å². The first-order chi connectivity index (χ1) is 12.7. The van der Waals surface area contributed by atoms with Crippen LogP contribution in [0, 0.1) is 0 Å². The molecule has 0 bridgehead atoms. The Bertz CT molecular complexity index is 655. The van der Waals surface area contributed by atoms with Crippen LogP contribution in [0.5, 0.6) is 5.75 Å². The van der Waals surface area contributed by atoms with E-state index in [1.54, 1.807) is 7.11 Å². The van der Waals surface area contributed by atoms with Crippen molar-refractivity contribution < 1.29 is 4.74 Å². The summed E-state index contributed by atoms with van der Waals surface area (Å²) in [7, 11) is 3.81. The Kier molecular flexibility index (Phi) is 8.49. The van der Waals surface area contributed by atoms with Crippen LogP contribution in [0.2, 0.25) is 0 Å². The van der Waals surface area contributed by atoms with Gasteiger partial charge < -0.3 is 20.3 Å². The van der Waals surface area contributed by atoms with Gasteiger partial charge in [0.05, 0.1) is 13.7 Å². The molecule has 0 unspecified atom stereocenters. The molecule has 0 aliphatic carbocycles. The highest BCUT2D eigenvalue weighted by Gasteiger charge is 2.02. The Labute approximate surface area is 157 Å². The van der Waals surface area contributed by atoms with Gasteiger partial charge in [-0.15, -0.1) is 0 Å². The molecule has 2 aromatic rings. The van der Waals surface area contributed by atoms with Gasteiger partial charge in [-0.1, -0.05) is 42.5 Å². The number of guanidine groups is 1. The molecule has 0 saturated carbocycles. The maximum absolute atomic E-state index is 5.19. The molecule has 0 amide bonds. The summed E-state index contributed by atoms with van der Waals surface area (Å²) in [6, 6.07) is 18.5. The highest BCUT2D eigenvalue weighted by atomic mass is 16.5. The predicted molar refractivity (Wildman–Crippen MR) is 109 cm³/mol. The van der Waals surface area contributed by atoms with Gasteiger partial charge in [-0.05, 0) is 37.2 Å². The van der Waals surface area contributed by atoms with Crippen molar-refractivity contribution >= 4 is 5.96 Å². The van der Waals surface area contributed by atoms with Crippen LogP contribution in [0.3, 0.4) is 0 Å². The monoisotopic (exact) mass is 354 g/mol. The number of methoxy groups -OCH3 is 1. The fourth-order valence-electron chi connectivity index (χ4n) is 2.58. The Balaban J connectivity index is 1.79. The SMILES string of the molecule is CCNC(=NCc1ccc(OC)cc1)NCCN(C)Cc1ccccc1. The molecule has 0 saturated heterocycles. The molecular weight excluding hydrogens is 324 g/mol. The normalized spacial score (nSPS) is 11.5. The maximum atomic E-state index is 5.19. The predicted octanol–water partition coefficient (Wildman–Crippen LogP) is 2.88. The van der Waals surface area contributed by atoms with Crippen LogP contribution >= 0.6 is 0 Å². The van der Waals surface area contributed by atoms with E-state index < -0.39 is 0 Å². The summed E-state index contributed by atoms with van der Waals surface area (Å²) in [6.45, 7) is 6.29. The van der Waals surface area contributed by atoms with Crippen LogP contribution in [0.1, 0.15) is 18.1 Å². The molecule has 0 aliphatic rings. The van der Waals surface area contributed by atoms with Crippen molar-refractivity contribution in [3.05, 3.63) is 65.7 Å². The number of nitrogens with one attached hydrogen (secondary N) is 2. The van der Waals surface area contributed by atoms with Crippen molar-refractivity contribution in [1.29, 1.82) is 0 Å². The lowest BCUT2D eigenvalue weighted by Crippen LogP contribution is -2.40. The summed E-state index contributed by atoms with van der Waals surface area (Å²) in [6.07, 6.45) is 0. The van der Waals surface area contributed by atoms with E-state index in [1.807, 2.05) is 30.3 Å². The van der Waals surface area contributed by atoms with Gasteiger partial charge in [-0.3, -0.25) is 0 Å². The van der Waals surface area contributed by atoms with Gasteiger partial charge in [-0.2, -0.15) is 0 Å². The van der Waals surface area contributed by atoms with E-state index in [1.165, 1.54) is 5.56 Å². The van der Waals surface area contributed by atoms with Gasteiger partial charge in [0.25, 0.3) is 0 Å². The largest absolute Gasteiger partial charge is 0.497 e. The van der Waals surface area contributed by atoms with Crippen LogP contribution in [0.15, 0.2) is 59.6 Å². The lowest BCUT2D eigenvalue weighted by Gasteiger charge is -2.18. The zero-order chi connectivity index (χ0) is 18.6. The molecule has 0 aliphatic heterocycles. The minimum atomic E-state index is 0.638. The Morgan fingerprint density at radius 3 is 2.38 bits per heavy atom. The first kappa shape index (κ1) is 19.8. The number of rotatable bonds is 9.